The molecule has 3 aromatic rings. The number of nitrogens with zero attached hydrogens (tertiary/aromatic N) is 1. The van der Waals surface area contributed by atoms with Gasteiger partial charge in [0.15, 0.2) is 0 Å². The van der Waals surface area contributed by atoms with Crippen molar-refractivity contribution in [2.75, 3.05) is 17.4 Å². The van der Waals surface area contributed by atoms with Crippen molar-refractivity contribution in [3.05, 3.63) is 94.5 Å². The standard InChI is InChI=1S/C23H22Cl2N2O3S/c24-20-13-5-4-9-18(20)10-8-16-26-23(28)17-27(22-15-7-6-14-21(22)25)31(29,30)19-11-2-1-3-12-19/h1-7,9,11-15H,8,10,16-17H2,(H,26,28). The van der Waals surface area contributed by atoms with Gasteiger partial charge in [-0.15, -0.1) is 0 Å². The molecule has 5 nitrogen and oxygen atoms in total. The summed E-state index contributed by atoms with van der Waals surface area (Å²) in [5.74, 6) is -0.418. The monoisotopic (exact) mass is 476 g/mol. The van der Waals surface area contributed by atoms with Crippen LogP contribution in [0, 0.1) is 0 Å². The summed E-state index contributed by atoms with van der Waals surface area (Å²) in [5, 5.41) is 3.72. The smallest absolute Gasteiger partial charge is 0.264 e. The predicted molar refractivity (Wildman–Crippen MR) is 125 cm³/mol. The molecule has 1 amide bonds. The van der Waals surface area contributed by atoms with E-state index in [4.69, 9.17) is 23.2 Å². The Morgan fingerprint density at radius 2 is 1.45 bits per heavy atom. The molecule has 31 heavy (non-hydrogen) atoms. The van der Waals surface area contributed by atoms with Crippen molar-refractivity contribution in [1.29, 1.82) is 0 Å². The van der Waals surface area contributed by atoms with Gasteiger partial charge in [-0.3, -0.25) is 9.10 Å². The minimum absolute atomic E-state index is 0.0847. The summed E-state index contributed by atoms with van der Waals surface area (Å²) in [7, 11) is -3.98. The van der Waals surface area contributed by atoms with Crippen LogP contribution in [0.5, 0.6) is 0 Å². The van der Waals surface area contributed by atoms with Gasteiger partial charge in [0.1, 0.15) is 6.54 Å². The lowest BCUT2D eigenvalue weighted by Crippen LogP contribution is -2.41. The van der Waals surface area contributed by atoms with Crippen LogP contribution in [0.1, 0.15) is 12.0 Å². The molecule has 8 heteroatoms. The molecule has 0 radical (unpaired) electrons. The second-order valence-electron chi connectivity index (χ2n) is 6.82. The molecule has 0 saturated heterocycles. The lowest BCUT2D eigenvalue weighted by atomic mass is 10.1. The van der Waals surface area contributed by atoms with Gasteiger partial charge in [-0.25, -0.2) is 8.42 Å². The fourth-order valence-electron chi connectivity index (χ4n) is 3.07. The Hall–Kier alpha value is -2.54. The molecule has 3 aromatic carbocycles. The second kappa shape index (κ2) is 10.7. The number of halogens is 2. The van der Waals surface area contributed by atoms with E-state index in [1.807, 2.05) is 24.3 Å². The third-order valence-corrected chi connectivity index (χ3v) is 7.10. The molecule has 0 aliphatic rings. The number of sulfonamides is 1. The number of nitrogens with one attached hydrogen (secondary N) is 1. The topological polar surface area (TPSA) is 66.5 Å². The van der Waals surface area contributed by atoms with Crippen molar-refractivity contribution >= 4 is 44.8 Å². The largest absolute Gasteiger partial charge is 0.355 e. The van der Waals surface area contributed by atoms with Gasteiger partial charge < -0.3 is 5.32 Å². The van der Waals surface area contributed by atoms with E-state index in [0.717, 1.165) is 9.87 Å². The molecule has 0 unspecified atom stereocenters. The van der Waals surface area contributed by atoms with Crippen LogP contribution in [-0.4, -0.2) is 27.4 Å². The Bertz CT molecular complexity index is 1140. The number of rotatable bonds is 9. The van der Waals surface area contributed by atoms with Crippen LogP contribution in [0.4, 0.5) is 5.69 Å². The van der Waals surface area contributed by atoms with Crippen LogP contribution < -0.4 is 9.62 Å². The van der Waals surface area contributed by atoms with Gasteiger partial charge in [0.2, 0.25) is 5.91 Å². The summed E-state index contributed by atoms with van der Waals surface area (Å²) < 4.78 is 27.5. The molecular weight excluding hydrogens is 455 g/mol. The quantitative estimate of drug-likeness (QED) is 0.444. The summed E-state index contributed by atoms with van der Waals surface area (Å²) in [4.78, 5) is 12.7. The highest BCUT2D eigenvalue weighted by Crippen LogP contribution is 2.30. The summed E-state index contributed by atoms with van der Waals surface area (Å²) in [5.41, 5.74) is 1.25. The van der Waals surface area contributed by atoms with E-state index in [1.165, 1.54) is 12.1 Å². The molecule has 0 aromatic heterocycles. The van der Waals surface area contributed by atoms with E-state index >= 15 is 0 Å². The third-order valence-electron chi connectivity index (χ3n) is 4.64. The maximum atomic E-state index is 13.2. The first-order valence-corrected chi connectivity index (χ1v) is 11.9. The Kier molecular flexibility index (Phi) is 7.96. The van der Waals surface area contributed by atoms with Crippen LogP contribution in [0.25, 0.3) is 0 Å². The van der Waals surface area contributed by atoms with E-state index in [2.05, 4.69) is 5.32 Å². The number of hydrogen-bond acceptors (Lipinski definition) is 3. The van der Waals surface area contributed by atoms with Gasteiger partial charge in [0, 0.05) is 11.6 Å². The van der Waals surface area contributed by atoms with Crippen LogP contribution in [0.15, 0.2) is 83.8 Å². The van der Waals surface area contributed by atoms with Gasteiger partial charge in [-0.2, -0.15) is 0 Å². The van der Waals surface area contributed by atoms with Gasteiger partial charge >= 0.3 is 0 Å². The van der Waals surface area contributed by atoms with Crippen molar-refractivity contribution in [2.45, 2.75) is 17.7 Å². The molecule has 162 valence electrons. The summed E-state index contributed by atoms with van der Waals surface area (Å²) in [6.45, 7) is 0.0128. The predicted octanol–water partition coefficient (Wildman–Crippen LogP) is 4.94. The number of benzene rings is 3. The van der Waals surface area contributed by atoms with Crippen LogP contribution in [0.2, 0.25) is 10.0 Å². The normalized spacial score (nSPS) is 11.2. The van der Waals surface area contributed by atoms with Crippen LogP contribution in [0.3, 0.4) is 0 Å². The third kappa shape index (κ3) is 6.00. The maximum Gasteiger partial charge on any atom is 0.264 e. The molecular formula is C23H22Cl2N2O3S. The minimum atomic E-state index is -3.98. The SMILES string of the molecule is O=C(CN(c1ccccc1Cl)S(=O)(=O)c1ccccc1)NCCCc1ccccc1Cl. The Morgan fingerprint density at radius 3 is 2.13 bits per heavy atom. The van der Waals surface area contributed by atoms with Crippen molar-refractivity contribution in [3.63, 3.8) is 0 Å². The number of amides is 1. The Balaban J connectivity index is 1.71. The first kappa shape index (κ1) is 23.1. The number of hydrogen-bond donors (Lipinski definition) is 1. The van der Waals surface area contributed by atoms with Crippen LogP contribution in [-0.2, 0) is 21.2 Å². The van der Waals surface area contributed by atoms with Crippen molar-refractivity contribution in [2.24, 2.45) is 0 Å². The van der Waals surface area contributed by atoms with E-state index in [1.54, 1.807) is 42.5 Å². The first-order valence-electron chi connectivity index (χ1n) is 9.72. The minimum Gasteiger partial charge on any atom is -0.355 e. The Morgan fingerprint density at radius 1 is 0.839 bits per heavy atom. The highest BCUT2D eigenvalue weighted by atomic mass is 35.5. The number of carbonyl (C=O) groups is 1. The number of para-hydroxylation sites is 1. The molecule has 3 rings (SSSR count). The number of carbonyl (C=O) groups excluding carboxylic acids is 1. The first-order chi connectivity index (χ1) is 14.9. The second-order valence-corrected chi connectivity index (χ2v) is 9.50. The summed E-state index contributed by atoms with van der Waals surface area (Å²) >= 11 is 12.4. The van der Waals surface area contributed by atoms with E-state index in [9.17, 15) is 13.2 Å². The van der Waals surface area contributed by atoms with E-state index < -0.39 is 15.9 Å². The zero-order valence-corrected chi connectivity index (χ0v) is 19.0. The fraction of sp³-hybridized carbons (Fsp3) is 0.174. The van der Waals surface area contributed by atoms with Crippen molar-refractivity contribution in [3.8, 4) is 0 Å². The zero-order chi connectivity index (χ0) is 22.3. The molecule has 0 spiro atoms. The zero-order valence-electron chi connectivity index (χ0n) is 16.7. The Labute approximate surface area is 192 Å². The van der Waals surface area contributed by atoms with Crippen LogP contribution >= 0.6 is 23.2 Å². The number of anilines is 1. The van der Waals surface area contributed by atoms with E-state index in [-0.39, 0.29) is 22.2 Å². The summed E-state index contributed by atoms with van der Waals surface area (Å²) in [6, 6.07) is 22.1. The highest BCUT2D eigenvalue weighted by Gasteiger charge is 2.28. The molecule has 0 bridgehead atoms. The molecule has 0 aliphatic carbocycles. The molecule has 1 N–H and O–H groups in total. The van der Waals surface area contributed by atoms with Crippen molar-refractivity contribution in [1.82, 2.24) is 5.32 Å². The van der Waals surface area contributed by atoms with Gasteiger partial charge in [-0.05, 0) is 48.7 Å². The average Bonchev–Trinajstić information content (AvgIpc) is 2.77. The molecule has 0 saturated carbocycles. The lowest BCUT2D eigenvalue weighted by Gasteiger charge is -2.25. The van der Waals surface area contributed by atoms with Gasteiger partial charge in [-0.1, -0.05) is 71.7 Å². The molecule has 0 fully saturated rings. The van der Waals surface area contributed by atoms with Gasteiger partial charge in [0.25, 0.3) is 10.0 Å². The lowest BCUT2D eigenvalue weighted by molar-refractivity contribution is -0.119. The molecule has 0 atom stereocenters. The highest BCUT2D eigenvalue weighted by molar-refractivity contribution is 7.92. The fourth-order valence-corrected chi connectivity index (χ4v) is 5.05. The van der Waals surface area contributed by atoms with Crippen molar-refractivity contribution < 1.29 is 13.2 Å². The summed E-state index contributed by atoms with van der Waals surface area (Å²) in [6.07, 6.45) is 1.38. The molecule has 0 aliphatic heterocycles. The van der Waals surface area contributed by atoms with Gasteiger partial charge in [0.05, 0.1) is 15.6 Å². The molecule has 0 heterocycles. The average molecular weight is 477 g/mol. The van der Waals surface area contributed by atoms with E-state index in [0.29, 0.717) is 24.4 Å². The maximum absolute atomic E-state index is 13.2. The number of aryl methyl sites for hydroxylation is 1.